The maximum Gasteiger partial charge on any atom is 0.408 e. The van der Waals surface area contributed by atoms with Gasteiger partial charge in [-0.25, -0.2) is 19.2 Å². The summed E-state index contributed by atoms with van der Waals surface area (Å²) in [7, 11) is 0. The molecular formula is C21H31N3O7. The van der Waals surface area contributed by atoms with Crippen molar-refractivity contribution in [3.8, 4) is 0 Å². The molecule has 1 aromatic rings. The van der Waals surface area contributed by atoms with Crippen LogP contribution >= 0.6 is 0 Å². The van der Waals surface area contributed by atoms with Crippen molar-refractivity contribution >= 4 is 24.1 Å². The Bertz CT molecular complexity index is 760. The average molecular weight is 437 g/mol. The lowest BCUT2D eigenvalue weighted by Crippen LogP contribution is -2.51. The number of urea groups is 1. The van der Waals surface area contributed by atoms with Crippen molar-refractivity contribution in [1.82, 2.24) is 16.1 Å². The van der Waals surface area contributed by atoms with Gasteiger partial charge in [0.15, 0.2) is 0 Å². The number of hydrogen-bond acceptors (Lipinski definition) is 7. The fourth-order valence-corrected chi connectivity index (χ4v) is 2.22. The van der Waals surface area contributed by atoms with E-state index in [2.05, 4.69) is 15.5 Å². The highest BCUT2D eigenvalue weighted by atomic mass is 16.7. The molecule has 3 N–H and O–H groups in total. The summed E-state index contributed by atoms with van der Waals surface area (Å²) in [6.07, 6.45) is -0.817. The molecule has 0 saturated carbocycles. The minimum absolute atomic E-state index is 0.0380. The van der Waals surface area contributed by atoms with Crippen molar-refractivity contribution in [2.24, 2.45) is 5.92 Å². The van der Waals surface area contributed by atoms with Crippen molar-refractivity contribution < 1.29 is 33.5 Å². The van der Waals surface area contributed by atoms with Crippen LogP contribution in [0.3, 0.4) is 0 Å². The van der Waals surface area contributed by atoms with E-state index in [0.29, 0.717) is 0 Å². The maximum absolute atomic E-state index is 12.2. The van der Waals surface area contributed by atoms with Crippen LogP contribution in [0.2, 0.25) is 0 Å². The molecule has 31 heavy (non-hydrogen) atoms. The van der Waals surface area contributed by atoms with Crippen molar-refractivity contribution in [2.75, 3.05) is 0 Å². The predicted molar refractivity (Wildman–Crippen MR) is 111 cm³/mol. The van der Waals surface area contributed by atoms with Gasteiger partial charge in [-0.2, -0.15) is 5.48 Å². The highest BCUT2D eigenvalue weighted by Gasteiger charge is 2.29. The third-order valence-electron chi connectivity index (χ3n) is 3.76. The van der Waals surface area contributed by atoms with E-state index in [-0.39, 0.29) is 12.5 Å². The molecule has 0 unspecified atom stereocenters. The van der Waals surface area contributed by atoms with Crippen LogP contribution in [0.1, 0.15) is 47.1 Å². The summed E-state index contributed by atoms with van der Waals surface area (Å²) in [4.78, 5) is 52.7. The molecule has 10 nitrogen and oxygen atoms in total. The number of ether oxygens (including phenoxy) is 2. The van der Waals surface area contributed by atoms with Gasteiger partial charge < -0.3 is 24.9 Å². The molecule has 0 aromatic heterocycles. The zero-order valence-electron chi connectivity index (χ0n) is 18.7. The summed E-state index contributed by atoms with van der Waals surface area (Å²) < 4.78 is 10.3. The number of esters is 1. The molecule has 0 aliphatic rings. The van der Waals surface area contributed by atoms with E-state index in [1.54, 1.807) is 58.9 Å². The summed E-state index contributed by atoms with van der Waals surface area (Å²) in [6.45, 7) is 10.00. The molecule has 0 radical (unpaired) electrons. The first-order valence-electron chi connectivity index (χ1n) is 9.86. The van der Waals surface area contributed by atoms with Crippen molar-refractivity contribution in [2.45, 2.75) is 65.8 Å². The molecule has 2 atom stereocenters. The van der Waals surface area contributed by atoms with E-state index in [1.807, 2.05) is 11.5 Å². The van der Waals surface area contributed by atoms with Gasteiger partial charge in [-0.3, -0.25) is 0 Å². The summed E-state index contributed by atoms with van der Waals surface area (Å²) in [5.41, 5.74) is 1.97. The largest absolute Gasteiger partial charge is 0.458 e. The number of alkyl carbamates (subject to hydrolysis) is 1. The molecular weight excluding hydrogens is 406 g/mol. The predicted octanol–water partition coefficient (Wildman–Crippen LogP) is 2.42. The van der Waals surface area contributed by atoms with Crippen LogP contribution in [-0.2, 0) is 30.5 Å². The van der Waals surface area contributed by atoms with E-state index in [0.717, 1.165) is 5.56 Å². The van der Waals surface area contributed by atoms with Crippen LogP contribution in [0.5, 0.6) is 0 Å². The molecule has 0 bridgehead atoms. The average Bonchev–Trinajstić information content (AvgIpc) is 2.67. The van der Waals surface area contributed by atoms with Gasteiger partial charge in [0.1, 0.15) is 24.3 Å². The minimum atomic E-state index is -1.09. The first-order chi connectivity index (χ1) is 14.4. The lowest BCUT2D eigenvalue weighted by molar-refractivity contribution is -0.158. The van der Waals surface area contributed by atoms with Gasteiger partial charge in [-0.1, -0.05) is 44.2 Å². The first kappa shape index (κ1) is 25.7. The van der Waals surface area contributed by atoms with Crippen LogP contribution in [0.15, 0.2) is 30.3 Å². The van der Waals surface area contributed by atoms with Crippen LogP contribution < -0.4 is 16.1 Å². The molecule has 0 aliphatic carbocycles. The topological polar surface area (TPSA) is 132 Å². The van der Waals surface area contributed by atoms with Gasteiger partial charge in [0.2, 0.25) is 0 Å². The van der Waals surface area contributed by atoms with E-state index >= 15 is 0 Å². The van der Waals surface area contributed by atoms with Gasteiger partial charge >= 0.3 is 24.1 Å². The third-order valence-corrected chi connectivity index (χ3v) is 3.76. The number of carbonyl (C=O) groups is 4. The van der Waals surface area contributed by atoms with E-state index in [1.165, 1.54) is 6.92 Å². The highest BCUT2D eigenvalue weighted by molar-refractivity contribution is 5.85. The van der Waals surface area contributed by atoms with Gasteiger partial charge in [0.25, 0.3) is 0 Å². The third kappa shape index (κ3) is 10.3. The zero-order chi connectivity index (χ0) is 23.6. The maximum atomic E-state index is 12.2. The van der Waals surface area contributed by atoms with Gasteiger partial charge in [-0.05, 0) is 39.2 Å². The first-order valence-corrected chi connectivity index (χ1v) is 9.86. The Morgan fingerprint density at radius 3 is 2.10 bits per heavy atom. The van der Waals surface area contributed by atoms with Crippen molar-refractivity contribution in [1.29, 1.82) is 0 Å². The Hall–Kier alpha value is -3.30. The zero-order valence-corrected chi connectivity index (χ0v) is 18.7. The summed E-state index contributed by atoms with van der Waals surface area (Å²) in [5.74, 6) is -1.80. The number of benzene rings is 1. The molecule has 3 amide bonds. The second kappa shape index (κ2) is 11.8. The summed E-state index contributed by atoms with van der Waals surface area (Å²) in [5, 5.41) is 4.69. The normalized spacial score (nSPS) is 12.9. The van der Waals surface area contributed by atoms with Crippen LogP contribution in [0.25, 0.3) is 0 Å². The SMILES string of the molecule is CC(C)[C@H](NC(=O)NOC(=O)[C@H](C)NC(=O)OCc1ccccc1)C(=O)OC(C)(C)C. The molecule has 0 spiro atoms. The Morgan fingerprint density at radius 2 is 1.55 bits per heavy atom. The number of carbonyl (C=O) groups excluding carboxylic acids is 4. The smallest absolute Gasteiger partial charge is 0.408 e. The van der Waals surface area contributed by atoms with Crippen molar-refractivity contribution in [3.05, 3.63) is 35.9 Å². The molecule has 1 rings (SSSR count). The fourth-order valence-electron chi connectivity index (χ4n) is 2.22. The lowest BCUT2D eigenvalue weighted by atomic mass is 10.0. The van der Waals surface area contributed by atoms with Gasteiger partial charge in [-0.15, -0.1) is 0 Å². The number of rotatable bonds is 7. The summed E-state index contributed by atoms with van der Waals surface area (Å²) >= 11 is 0. The Balaban J connectivity index is 2.44. The van der Waals surface area contributed by atoms with E-state index in [4.69, 9.17) is 9.47 Å². The monoisotopic (exact) mass is 437 g/mol. The highest BCUT2D eigenvalue weighted by Crippen LogP contribution is 2.12. The van der Waals surface area contributed by atoms with Crippen molar-refractivity contribution in [3.63, 3.8) is 0 Å². The fraction of sp³-hybridized carbons (Fsp3) is 0.524. The molecule has 0 saturated heterocycles. The number of hydroxylamine groups is 1. The number of hydrogen-bond donors (Lipinski definition) is 3. The lowest BCUT2D eigenvalue weighted by Gasteiger charge is -2.26. The second-order valence-corrected chi connectivity index (χ2v) is 8.18. The van der Waals surface area contributed by atoms with Crippen LogP contribution in [0.4, 0.5) is 9.59 Å². The Labute approximate surface area is 181 Å². The second-order valence-electron chi connectivity index (χ2n) is 8.18. The molecule has 0 fully saturated rings. The number of amides is 3. The standard InChI is InChI=1S/C21H31N3O7/c1-13(2)16(18(26)30-21(4,5)6)23-19(27)24-31-17(25)14(3)22-20(28)29-12-15-10-8-7-9-11-15/h7-11,13-14,16H,12H2,1-6H3,(H,22,28)(H2,23,24,27)/t14-,16-/m0/s1. The summed E-state index contributed by atoms with van der Waals surface area (Å²) in [6, 6.07) is 6.08. The molecule has 0 heterocycles. The molecule has 0 aliphatic heterocycles. The van der Waals surface area contributed by atoms with Gasteiger partial charge in [0.05, 0.1) is 0 Å². The Kier molecular flexibility index (Phi) is 9.78. The van der Waals surface area contributed by atoms with E-state index < -0.39 is 41.7 Å². The van der Waals surface area contributed by atoms with E-state index in [9.17, 15) is 19.2 Å². The van der Waals surface area contributed by atoms with Crippen LogP contribution in [0, 0.1) is 5.92 Å². The quantitative estimate of drug-likeness (QED) is 0.339. The molecule has 10 heteroatoms. The number of nitrogens with one attached hydrogen (secondary N) is 3. The Morgan fingerprint density at radius 1 is 0.935 bits per heavy atom. The molecule has 1 aromatic carbocycles. The molecule has 172 valence electrons. The minimum Gasteiger partial charge on any atom is -0.458 e. The van der Waals surface area contributed by atoms with Gasteiger partial charge in [0, 0.05) is 0 Å². The van der Waals surface area contributed by atoms with Crippen LogP contribution in [-0.4, -0.2) is 41.7 Å².